The van der Waals surface area contributed by atoms with Crippen molar-refractivity contribution in [1.82, 2.24) is 9.21 Å². The van der Waals surface area contributed by atoms with Gasteiger partial charge in [0.05, 0.1) is 4.90 Å². The molecule has 4 nitrogen and oxygen atoms in total. The van der Waals surface area contributed by atoms with E-state index in [4.69, 9.17) is 0 Å². The molecule has 1 aromatic carbocycles. The summed E-state index contributed by atoms with van der Waals surface area (Å²) in [6.07, 6.45) is 0. The average Bonchev–Trinajstić information content (AvgIpc) is 2.42. The van der Waals surface area contributed by atoms with Crippen LogP contribution in [0.5, 0.6) is 0 Å². The Labute approximate surface area is 137 Å². The van der Waals surface area contributed by atoms with Gasteiger partial charge in [-0.15, -0.1) is 0 Å². The molecule has 1 fully saturated rings. The molecule has 7 heteroatoms. The van der Waals surface area contributed by atoms with Crippen LogP contribution in [0.25, 0.3) is 0 Å². The lowest BCUT2D eigenvalue weighted by Gasteiger charge is -2.33. The van der Waals surface area contributed by atoms with E-state index >= 15 is 0 Å². The third-order valence-corrected chi connectivity index (χ3v) is 7.32. The van der Waals surface area contributed by atoms with Crippen molar-refractivity contribution in [2.75, 3.05) is 32.7 Å². The Morgan fingerprint density at radius 3 is 2.25 bits per heavy atom. The lowest BCUT2D eigenvalue weighted by molar-refractivity contribution is 0.196. The molecule has 0 spiro atoms. The molecule has 0 aromatic heterocycles. The second-order valence-corrected chi connectivity index (χ2v) is 8.49. The van der Waals surface area contributed by atoms with E-state index in [2.05, 4.69) is 43.7 Å². The number of sulfonamides is 1. The van der Waals surface area contributed by atoms with Crippen molar-refractivity contribution in [3.63, 3.8) is 0 Å². The maximum absolute atomic E-state index is 12.7. The smallest absolute Gasteiger partial charge is 0.244 e. The molecule has 20 heavy (non-hydrogen) atoms. The summed E-state index contributed by atoms with van der Waals surface area (Å²) in [5, 5.41) is 0. The van der Waals surface area contributed by atoms with Crippen molar-refractivity contribution in [2.24, 2.45) is 0 Å². The van der Waals surface area contributed by atoms with Crippen molar-refractivity contribution in [2.45, 2.75) is 18.7 Å². The summed E-state index contributed by atoms with van der Waals surface area (Å²) in [5.74, 6) is 0. The minimum atomic E-state index is -3.43. The Morgan fingerprint density at radius 1 is 1.10 bits per heavy atom. The second-order valence-electron chi connectivity index (χ2n) is 4.87. The molecule has 1 heterocycles. The number of piperazine rings is 1. The van der Waals surface area contributed by atoms with Crippen molar-refractivity contribution < 1.29 is 8.42 Å². The van der Waals surface area contributed by atoms with E-state index < -0.39 is 10.0 Å². The minimum absolute atomic E-state index is 0.333. The van der Waals surface area contributed by atoms with Crippen LogP contribution in [0.3, 0.4) is 0 Å². The van der Waals surface area contributed by atoms with E-state index in [0.717, 1.165) is 29.7 Å². The fourth-order valence-corrected chi connectivity index (χ4v) is 5.31. The third kappa shape index (κ3) is 3.27. The van der Waals surface area contributed by atoms with Gasteiger partial charge in [-0.1, -0.05) is 22.9 Å². The van der Waals surface area contributed by atoms with Gasteiger partial charge in [-0.05, 0) is 47.1 Å². The number of benzene rings is 1. The maximum atomic E-state index is 12.7. The number of hydrogen-bond donors (Lipinski definition) is 0. The lowest BCUT2D eigenvalue weighted by Crippen LogP contribution is -2.48. The van der Waals surface area contributed by atoms with Crippen LogP contribution in [-0.4, -0.2) is 50.3 Å². The van der Waals surface area contributed by atoms with Crippen LogP contribution in [0, 0.1) is 6.92 Å². The lowest BCUT2D eigenvalue weighted by atomic mass is 10.2. The maximum Gasteiger partial charge on any atom is 0.244 e. The molecular weight excluding hydrogens is 408 g/mol. The van der Waals surface area contributed by atoms with Crippen LogP contribution >= 0.6 is 31.9 Å². The molecule has 0 bridgehead atoms. The van der Waals surface area contributed by atoms with E-state index in [-0.39, 0.29) is 0 Å². The largest absolute Gasteiger partial charge is 0.301 e. The van der Waals surface area contributed by atoms with Gasteiger partial charge in [0.25, 0.3) is 0 Å². The Balaban J connectivity index is 2.30. The highest BCUT2D eigenvalue weighted by atomic mass is 79.9. The normalized spacial score (nSPS) is 18.4. The van der Waals surface area contributed by atoms with Crippen molar-refractivity contribution in [3.8, 4) is 0 Å². The first-order valence-corrected chi connectivity index (χ1v) is 9.57. The Bertz CT molecular complexity index is 597. The van der Waals surface area contributed by atoms with Gasteiger partial charge < -0.3 is 4.90 Å². The van der Waals surface area contributed by atoms with Gasteiger partial charge in [-0.2, -0.15) is 4.31 Å². The van der Waals surface area contributed by atoms with Gasteiger partial charge >= 0.3 is 0 Å². The number of halogens is 2. The molecule has 0 aliphatic carbocycles. The molecule has 0 saturated carbocycles. The summed E-state index contributed by atoms with van der Waals surface area (Å²) in [6.45, 7) is 7.68. The topological polar surface area (TPSA) is 40.6 Å². The molecule has 1 aliphatic rings. The molecule has 1 saturated heterocycles. The molecule has 0 amide bonds. The zero-order valence-corrected chi connectivity index (χ0v) is 15.6. The van der Waals surface area contributed by atoms with E-state index in [0.29, 0.717) is 22.5 Å². The van der Waals surface area contributed by atoms with Crippen LogP contribution in [-0.2, 0) is 10.0 Å². The van der Waals surface area contributed by atoms with E-state index in [1.54, 1.807) is 10.4 Å². The van der Waals surface area contributed by atoms with E-state index in [1.807, 2.05) is 13.0 Å². The van der Waals surface area contributed by atoms with Gasteiger partial charge in [0.15, 0.2) is 0 Å². The number of hydrogen-bond acceptors (Lipinski definition) is 3. The number of aryl methyl sites for hydroxylation is 1. The molecule has 1 aromatic rings. The zero-order chi connectivity index (χ0) is 14.9. The summed E-state index contributed by atoms with van der Waals surface area (Å²) >= 11 is 6.78. The number of likely N-dealkylation sites (N-methyl/N-ethyl adjacent to an activating group) is 1. The quantitative estimate of drug-likeness (QED) is 0.747. The number of nitrogens with zero attached hydrogens (tertiary/aromatic N) is 2. The summed E-state index contributed by atoms with van der Waals surface area (Å²) in [4.78, 5) is 2.59. The van der Waals surface area contributed by atoms with Gasteiger partial charge in [0.1, 0.15) is 0 Å². The summed E-state index contributed by atoms with van der Waals surface area (Å²) in [6, 6.07) is 3.51. The van der Waals surface area contributed by atoms with Gasteiger partial charge in [-0.25, -0.2) is 8.42 Å². The van der Waals surface area contributed by atoms with Crippen molar-refractivity contribution >= 4 is 41.9 Å². The Hall–Kier alpha value is 0.0500. The van der Waals surface area contributed by atoms with Crippen molar-refractivity contribution in [3.05, 3.63) is 26.6 Å². The monoisotopic (exact) mass is 424 g/mol. The Morgan fingerprint density at radius 2 is 1.70 bits per heavy atom. The van der Waals surface area contributed by atoms with Crippen molar-refractivity contribution in [1.29, 1.82) is 0 Å². The van der Waals surface area contributed by atoms with Gasteiger partial charge in [0, 0.05) is 35.1 Å². The summed E-state index contributed by atoms with van der Waals surface area (Å²) in [5.41, 5.74) is 1.01. The van der Waals surface area contributed by atoms with Crippen LogP contribution in [0.1, 0.15) is 12.5 Å². The zero-order valence-electron chi connectivity index (χ0n) is 11.6. The highest BCUT2D eigenvalue weighted by Gasteiger charge is 2.29. The average molecular weight is 426 g/mol. The highest BCUT2D eigenvalue weighted by molar-refractivity contribution is 9.11. The first-order valence-electron chi connectivity index (χ1n) is 6.54. The summed E-state index contributed by atoms with van der Waals surface area (Å²) in [7, 11) is -3.43. The van der Waals surface area contributed by atoms with Crippen LogP contribution in [0.15, 0.2) is 26.0 Å². The molecule has 2 rings (SSSR count). The fourth-order valence-electron chi connectivity index (χ4n) is 2.25. The molecule has 0 radical (unpaired) electrons. The summed E-state index contributed by atoms with van der Waals surface area (Å²) < 4.78 is 28.4. The molecule has 112 valence electrons. The second kappa shape index (κ2) is 6.44. The van der Waals surface area contributed by atoms with Gasteiger partial charge in [-0.3, -0.25) is 0 Å². The molecule has 1 aliphatic heterocycles. The Kier molecular flexibility index (Phi) is 5.29. The van der Waals surface area contributed by atoms with Crippen LogP contribution < -0.4 is 0 Å². The predicted molar refractivity (Wildman–Crippen MR) is 87.5 cm³/mol. The fraction of sp³-hybridized carbons (Fsp3) is 0.538. The standard InChI is InChI=1S/C13H18Br2N2O2S/c1-3-16-4-6-17(7-5-16)20(18,19)13-9-11(14)10(2)8-12(13)15/h8-9H,3-7H2,1-2H3. The van der Waals surface area contributed by atoms with Crippen LogP contribution in [0.4, 0.5) is 0 Å². The van der Waals surface area contributed by atoms with E-state index in [9.17, 15) is 8.42 Å². The highest BCUT2D eigenvalue weighted by Crippen LogP contribution is 2.31. The SMILES string of the molecule is CCN1CCN(S(=O)(=O)c2cc(Br)c(C)cc2Br)CC1. The molecule has 0 atom stereocenters. The molecular formula is C13H18Br2N2O2S. The first kappa shape index (κ1) is 16.4. The number of rotatable bonds is 3. The minimum Gasteiger partial charge on any atom is -0.301 e. The van der Waals surface area contributed by atoms with Gasteiger partial charge in [0.2, 0.25) is 10.0 Å². The van der Waals surface area contributed by atoms with Crippen LogP contribution in [0.2, 0.25) is 0 Å². The predicted octanol–water partition coefficient (Wildman–Crippen LogP) is 2.85. The first-order chi connectivity index (χ1) is 9.36. The molecule has 0 unspecified atom stereocenters. The molecule has 0 N–H and O–H groups in total. The third-order valence-electron chi connectivity index (χ3n) is 3.61. The van der Waals surface area contributed by atoms with E-state index in [1.165, 1.54) is 0 Å².